The highest BCUT2D eigenvalue weighted by molar-refractivity contribution is 9.08. The van der Waals surface area contributed by atoms with Crippen LogP contribution in [0.3, 0.4) is 0 Å². The van der Waals surface area contributed by atoms with E-state index in [1.54, 1.807) is 0 Å². The molecule has 1 aromatic carbocycles. The highest BCUT2D eigenvalue weighted by Gasteiger charge is 2.29. The van der Waals surface area contributed by atoms with Crippen molar-refractivity contribution in [3.8, 4) is 0 Å². The van der Waals surface area contributed by atoms with E-state index in [1.807, 2.05) is 0 Å². The highest BCUT2D eigenvalue weighted by atomic mass is 79.9. The lowest BCUT2D eigenvalue weighted by atomic mass is 10.1. The molecule has 2 fully saturated rings. The Kier molecular flexibility index (Phi) is 3.65. The highest BCUT2D eigenvalue weighted by Crippen LogP contribution is 2.36. The molecule has 98 valence electrons. The molecule has 18 heavy (non-hydrogen) atoms. The molecule has 0 amide bonds. The summed E-state index contributed by atoms with van der Waals surface area (Å²) in [4.78, 5) is 2.64. The summed E-state index contributed by atoms with van der Waals surface area (Å²) in [5.74, 6) is 1.94. The second kappa shape index (κ2) is 5.24. The lowest BCUT2D eigenvalue weighted by molar-refractivity contribution is 0.679. The van der Waals surface area contributed by atoms with Crippen molar-refractivity contribution in [3.63, 3.8) is 0 Å². The van der Waals surface area contributed by atoms with E-state index in [4.69, 9.17) is 0 Å². The molecule has 0 heterocycles. The minimum atomic E-state index is 0.963. The summed E-state index contributed by atoms with van der Waals surface area (Å²) in [7, 11) is 0. The number of aryl methyl sites for hydroxylation is 1. The molecule has 1 aromatic rings. The molecule has 0 N–H and O–H groups in total. The summed E-state index contributed by atoms with van der Waals surface area (Å²) in [6.45, 7) is 4.79. The first-order valence-corrected chi connectivity index (χ1v) is 8.29. The second-order valence-electron chi connectivity index (χ2n) is 6.04. The van der Waals surface area contributed by atoms with Gasteiger partial charge >= 0.3 is 0 Å². The smallest absolute Gasteiger partial charge is 0.0369 e. The van der Waals surface area contributed by atoms with Crippen LogP contribution in [-0.2, 0) is 5.33 Å². The first-order valence-electron chi connectivity index (χ1n) is 7.16. The van der Waals surface area contributed by atoms with Crippen LogP contribution in [0.1, 0.15) is 36.8 Å². The van der Waals surface area contributed by atoms with E-state index in [0.717, 1.165) is 17.2 Å². The Bertz CT molecular complexity index is 407. The molecule has 0 saturated heterocycles. The average molecular weight is 308 g/mol. The van der Waals surface area contributed by atoms with Crippen molar-refractivity contribution in [2.45, 2.75) is 37.9 Å². The van der Waals surface area contributed by atoms with Gasteiger partial charge in [0.1, 0.15) is 0 Å². The Balaban J connectivity index is 1.76. The summed E-state index contributed by atoms with van der Waals surface area (Å²) in [5, 5.41) is 0.963. The lowest BCUT2D eigenvalue weighted by Gasteiger charge is -2.25. The molecule has 0 atom stereocenters. The fourth-order valence-electron chi connectivity index (χ4n) is 2.54. The minimum absolute atomic E-state index is 0.963. The summed E-state index contributed by atoms with van der Waals surface area (Å²) >= 11 is 3.56. The monoisotopic (exact) mass is 307 g/mol. The zero-order valence-electron chi connectivity index (χ0n) is 11.2. The number of benzene rings is 1. The van der Waals surface area contributed by atoms with Crippen LogP contribution in [0.5, 0.6) is 0 Å². The van der Waals surface area contributed by atoms with Crippen molar-refractivity contribution in [2.24, 2.45) is 11.8 Å². The molecule has 2 aliphatic carbocycles. The fraction of sp³-hybridized carbons (Fsp3) is 0.625. The molecule has 0 spiro atoms. The van der Waals surface area contributed by atoms with Crippen LogP contribution in [0.15, 0.2) is 18.2 Å². The van der Waals surface area contributed by atoms with E-state index in [-0.39, 0.29) is 0 Å². The van der Waals surface area contributed by atoms with Gasteiger partial charge < -0.3 is 4.90 Å². The minimum Gasteiger partial charge on any atom is -0.371 e. The van der Waals surface area contributed by atoms with Crippen LogP contribution in [0.4, 0.5) is 5.69 Å². The van der Waals surface area contributed by atoms with Crippen LogP contribution in [0.2, 0.25) is 0 Å². The number of rotatable bonds is 6. The SMILES string of the molecule is Cc1cc(N(CC2CC2)CC2CC2)ccc1CBr. The lowest BCUT2D eigenvalue weighted by Crippen LogP contribution is -2.28. The van der Waals surface area contributed by atoms with Crippen LogP contribution in [0.25, 0.3) is 0 Å². The Labute approximate surface area is 119 Å². The Morgan fingerprint density at radius 1 is 1.11 bits per heavy atom. The number of hydrogen-bond donors (Lipinski definition) is 0. The van der Waals surface area contributed by atoms with E-state index < -0.39 is 0 Å². The maximum atomic E-state index is 3.56. The van der Waals surface area contributed by atoms with Crippen LogP contribution in [-0.4, -0.2) is 13.1 Å². The average Bonchev–Trinajstić information content (AvgIpc) is 3.23. The third-order valence-corrected chi connectivity index (χ3v) is 4.79. The van der Waals surface area contributed by atoms with Crippen molar-refractivity contribution >= 4 is 21.6 Å². The number of alkyl halides is 1. The first kappa shape index (κ1) is 12.5. The number of anilines is 1. The summed E-state index contributed by atoms with van der Waals surface area (Å²) < 4.78 is 0. The fourth-order valence-corrected chi connectivity index (χ4v) is 3.17. The number of nitrogens with zero attached hydrogens (tertiary/aromatic N) is 1. The van der Waals surface area contributed by atoms with Crippen molar-refractivity contribution in [2.75, 3.05) is 18.0 Å². The molecular weight excluding hydrogens is 286 g/mol. The third-order valence-electron chi connectivity index (χ3n) is 4.19. The molecule has 0 unspecified atom stereocenters. The maximum Gasteiger partial charge on any atom is 0.0369 e. The molecule has 2 heteroatoms. The molecule has 1 nitrogen and oxygen atoms in total. The molecule has 2 saturated carbocycles. The summed E-state index contributed by atoms with van der Waals surface area (Å²) in [5.41, 5.74) is 4.27. The van der Waals surface area contributed by atoms with E-state index in [9.17, 15) is 0 Å². The summed E-state index contributed by atoms with van der Waals surface area (Å²) in [6, 6.07) is 6.97. The normalized spacial score (nSPS) is 19.0. The van der Waals surface area contributed by atoms with Crippen molar-refractivity contribution in [1.82, 2.24) is 0 Å². The molecule has 0 radical (unpaired) electrons. The number of halogens is 1. The Morgan fingerprint density at radius 3 is 2.17 bits per heavy atom. The summed E-state index contributed by atoms with van der Waals surface area (Å²) in [6.07, 6.45) is 5.78. The Hall–Kier alpha value is -0.500. The molecule has 0 aromatic heterocycles. The standard InChI is InChI=1S/C16H22BrN/c1-12-8-16(7-6-15(12)9-17)18(10-13-2-3-13)11-14-4-5-14/h6-8,13-14H,2-5,9-11H2,1H3. The zero-order valence-corrected chi connectivity index (χ0v) is 12.7. The van der Waals surface area contributed by atoms with Crippen LogP contribution in [0, 0.1) is 18.8 Å². The Morgan fingerprint density at radius 2 is 1.72 bits per heavy atom. The van der Waals surface area contributed by atoms with Crippen molar-refractivity contribution in [1.29, 1.82) is 0 Å². The topological polar surface area (TPSA) is 3.24 Å². The first-order chi connectivity index (χ1) is 8.76. The zero-order chi connectivity index (χ0) is 12.5. The van der Waals surface area contributed by atoms with Crippen molar-refractivity contribution in [3.05, 3.63) is 29.3 Å². The molecule has 0 aliphatic heterocycles. The van der Waals surface area contributed by atoms with Crippen molar-refractivity contribution < 1.29 is 0 Å². The van der Waals surface area contributed by atoms with E-state index in [1.165, 1.54) is 55.6 Å². The van der Waals surface area contributed by atoms with Gasteiger partial charge in [-0.1, -0.05) is 22.0 Å². The predicted octanol–water partition coefficient (Wildman–Crippen LogP) is 4.52. The molecule has 3 rings (SSSR count). The van der Waals surface area contributed by atoms with Gasteiger partial charge in [-0.3, -0.25) is 0 Å². The van der Waals surface area contributed by atoms with Gasteiger partial charge in [0.25, 0.3) is 0 Å². The largest absolute Gasteiger partial charge is 0.371 e. The van der Waals surface area contributed by atoms with E-state index in [0.29, 0.717) is 0 Å². The van der Waals surface area contributed by atoms with E-state index in [2.05, 4.69) is 46.0 Å². The van der Waals surface area contributed by atoms with E-state index >= 15 is 0 Å². The predicted molar refractivity (Wildman–Crippen MR) is 81.5 cm³/mol. The van der Waals surface area contributed by atoms with Gasteiger partial charge in [-0.05, 0) is 67.7 Å². The third kappa shape index (κ3) is 3.09. The van der Waals surface area contributed by atoms with Gasteiger partial charge in [-0.15, -0.1) is 0 Å². The molecular formula is C16H22BrN. The molecule has 0 bridgehead atoms. The second-order valence-corrected chi connectivity index (χ2v) is 6.60. The van der Waals surface area contributed by atoms with Gasteiger partial charge in [-0.2, -0.15) is 0 Å². The molecule has 2 aliphatic rings. The van der Waals surface area contributed by atoms with Gasteiger partial charge in [0, 0.05) is 24.1 Å². The van der Waals surface area contributed by atoms with Crippen LogP contribution >= 0.6 is 15.9 Å². The quantitative estimate of drug-likeness (QED) is 0.699. The van der Waals surface area contributed by atoms with Gasteiger partial charge in [0.05, 0.1) is 0 Å². The van der Waals surface area contributed by atoms with Gasteiger partial charge in [0.2, 0.25) is 0 Å². The van der Waals surface area contributed by atoms with Crippen LogP contribution < -0.4 is 4.90 Å². The number of hydrogen-bond acceptors (Lipinski definition) is 1. The maximum absolute atomic E-state index is 3.56. The van der Waals surface area contributed by atoms with Gasteiger partial charge in [-0.25, -0.2) is 0 Å². The van der Waals surface area contributed by atoms with Gasteiger partial charge in [0.15, 0.2) is 0 Å².